The number of nitro groups is 1. The molecule has 0 saturated carbocycles. The Morgan fingerprint density at radius 1 is 1.17 bits per heavy atom. The molecule has 5 rings (SSSR count). The van der Waals surface area contributed by atoms with E-state index in [0.717, 1.165) is 43.0 Å². The van der Waals surface area contributed by atoms with Crippen molar-refractivity contribution in [1.29, 1.82) is 0 Å². The van der Waals surface area contributed by atoms with Crippen LogP contribution in [0.25, 0.3) is 0 Å². The molecule has 2 aromatic rings. The largest absolute Gasteiger partial charge is 0.347 e. The first kappa shape index (κ1) is 18.2. The summed E-state index contributed by atoms with van der Waals surface area (Å²) >= 11 is 5.90. The fraction of sp³-hybridized carbons (Fsp3) is 0.381. The number of halogens is 1. The molecule has 29 heavy (non-hydrogen) atoms. The number of hydrogen-bond donors (Lipinski definition) is 0. The minimum absolute atomic E-state index is 0.162. The van der Waals surface area contributed by atoms with Crippen LogP contribution in [0.4, 0.5) is 5.69 Å². The van der Waals surface area contributed by atoms with Crippen molar-refractivity contribution < 1.29 is 4.92 Å². The SMILES string of the molecule is Cc1ccc(N2C3CCC2N2CCN(Cc4ccc(Cl)nc4)C2=C3[N+](=O)[O-])cc1. The molecule has 4 heterocycles. The maximum absolute atomic E-state index is 12.2. The van der Waals surface area contributed by atoms with E-state index in [-0.39, 0.29) is 17.1 Å². The molecule has 3 aliphatic rings. The van der Waals surface area contributed by atoms with E-state index in [0.29, 0.717) is 17.4 Å². The zero-order valence-corrected chi connectivity index (χ0v) is 16.9. The van der Waals surface area contributed by atoms with Gasteiger partial charge in [-0.2, -0.15) is 0 Å². The Labute approximate surface area is 174 Å². The van der Waals surface area contributed by atoms with Crippen LogP contribution in [0.15, 0.2) is 54.1 Å². The third-order valence-electron chi connectivity index (χ3n) is 6.13. The van der Waals surface area contributed by atoms with Crippen molar-refractivity contribution in [3.8, 4) is 0 Å². The summed E-state index contributed by atoms with van der Waals surface area (Å²) in [5.41, 5.74) is 3.56. The van der Waals surface area contributed by atoms with Gasteiger partial charge >= 0.3 is 5.70 Å². The lowest BCUT2D eigenvalue weighted by molar-refractivity contribution is -0.433. The second-order valence-corrected chi connectivity index (χ2v) is 8.27. The lowest BCUT2D eigenvalue weighted by Crippen LogP contribution is -2.53. The number of pyridine rings is 1. The van der Waals surface area contributed by atoms with Crippen molar-refractivity contribution in [3.05, 3.63) is 80.5 Å². The summed E-state index contributed by atoms with van der Waals surface area (Å²) in [4.78, 5) is 22.8. The molecule has 0 N–H and O–H groups in total. The number of aryl methyl sites for hydroxylation is 1. The third kappa shape index (κ3) is 3.00. The predicted octanol–water partition coefficient (Wildman–Crippen LogP) is 3.62. The van der Waals surface area contributed by atoms with Crippen LogP contribution in [0.2, 0.25) is 5.15 Å². The molecule has 2 unspecified atom stereocenters. The smallest absolute Gasteiger partial charge is 0.308 e. The van der Waals surface area contributed by atoms with Gasteiger partial charge in [0.15, 0.2) is 5.82 Å². The molecule has 2 atom stereocenters. The van der Waals surface area contributed by atoms with E-state index in [1.54, 1.807) is 12.3 Å². The number of benzene rings is 1. The highest BCUT2D eigenvalue weighted by Crippen LogP contribution is 2.45. The normalized spacial score (nSPS) is 23.0. The van der Waals surface area contributed by atoms with Crippen molar-refractivity contribution in [2.75, 3.05) is 18.0 Å². The lowest BCUT2D eigenvalue weighted by atomic mass is 10.1. The number of aromatic nitrogens is 1. The Bertz CT molecular complexity index is 976. The van der Waals surface area contributed by atoms with Crippen LogP contribution in [-0.4, -0.2) is 45.0 Å². The maximum Gasteiger partial charge on any atom is 0.308 e. The van der Waals surface area contributed by atoms with Gasteiger partial charge in [-0.15, -0.1) is 0 Å². The van der Waals surface area contributed by atoms with Crippen LogP contribution < -0.4 is 4.90 Å². The number of nitrogens with zero attached hydrogens (tertiary/aromatic N) is 5. The summed E-state index contributed by atoms with van der Waals surface area (Å²) in [7, 11) is 0. The van der Waals surface area contributed by atoms with Crippen molar-refractivity contribution in [3.63, 3.8) is 0 Å². The van der Waals surface area contributed by atoms with Gasteiger partial charge in [-0.25, -0.2) is 4.98 Å². The van der Waals surface area contributed by atoms with Crippen molar-refractivity contribution >= 4 is 17.3 Å². The standard InChI is InChI=1S/C21H22ClN5O2/c1-14-2-5-16(6-3-14)26-17-7-9-19(26)25-11-10-24(21(25)20(17)27(28)29)13-15-4-8-18(22)23-12-15/h2-6,8,12,17,19H,7,9-11,13H2,1H3. The summed E-state index contributed by atoms with van der Waals surface area (Å²) in [5, 5.41) is 12.6. The lowest BCUT2D eigenvalue weighted by Gasteiger charge is -2.42. The molecule has 0 spiro atoms. The fourth-order valence-corrected chi connectivity index (χ4v) is 5.00. The van der Waals surface area contributed by atoms with Gasteiger partial charge in [-0.1, -0.05) is 35.4 Å². The highest BCUT2D eigenvalue weighted by molar-refractivity contribution is 6.29. The molecule has 7 nitrogen and oxygen atoms in total. The predicted molar refractivity (Wildman–Crippen MR) is 111 cm³/mol. The monoisotopic (exact) mass is 411 g/mol. The topological polar surface area (TPSA) is 65.8 Å². The fourth-order valence-electron chi connectivity index (χ4n) is 4.88. The molecule has 2 bridgehead atoms. The third-order valence-corrected chi connectivity index (χ3v) is 6.36. The van der Waals surface area contributed by atoms with Gasteiger partial charge in [0.1, 0.15) is 17.4 Å². The molecule has 150 valence electrons. The molecular weight excluding hydrogens is 390 g/mol. The summed E-state index contributed by atoms with van der Waals surface area (Å²) in [6.07, 6.45) is 3.63. The first-order valence-electron chi connectivity index (χ1n) is 9.88. The van der Waals surface area contributed by atoms with Crippen LogP contribution in [-0.2, 0) is 6.54 Å². The molecule has 1 aromatic carbocycles. The minimum Gasteiger partial charge on any atom is -0.347 e. The number of fused-ring (bicyclic) bond motifs is 4. The molecule has 8 heteroatoms. The van der Waals surface area contributed by atoms with E-state index in [1.807, 2.05) is 6.07 Å². The maximum atomic E-state index is 12.2. The van der Waals surface area contributed by atoms with Gasteiger partial charge in [0, 0.05) is 31.5 Å². The first-order valence-corrected chi connectivity index (χ1v) is 10.3. The Balaban J connectivity index is 1.53. The average molecular weight is 412 g/mol. The van der Waals surface area contributed by atoms with Gasteiger partial charge < -0.3 is 14.7 Å². The van der Waals surface area contributed by atoms with Crippen LogP contribution >= 0.6 is 11.6 Å². The van der Waals surface area contributed by atoms with Crippen LogP contribution in [0.3, 0.4) is 0 Å². The average Bonchev–Trinajstić information content (AvgIpc) is 3.26. The zero-order chi connectivity index (χ0) is 20.1. The molecular formula is C21H22ClN5O2. The summed E-state index contributed by atoms with van der Waals surface area (Å²) in [6, 6.07) is 11.8. The minimum atomic E-state index is -0.201. The molecule has 2 fully saturated rings. The van der Waals surface area contributed by atoms with Gasteiger partial charge in [0.25, 0.3) is 0 Å². The van der Waals surface area contributed by atoms with Crippen molar-refractivity contribution in [1.82, 2.24) is 14.8 Å². The van der Waals surface area contributed by atoms with Crippen molar-refractivity contribution in [2.45, 2.75) is 38.5 Å². The molecule has 0 aliphatic carbocycles. The molecule has 0 radical (unpaired) electrons. The number of hydrogen-bond acceptors (Lipinski definition) is 6. The summed E-state index contributed by atoms with van der Waals surface area (Å²) in [5.74, 6) is 0.779. The molecule has 2 saturated heterocycles. The van der Waals surface area contributed by atoms with E-state index in [2.05, 4.69) is 50.9 Å². The zero-order valence-electron chi connectivity index (χ0n) is 16.2. The van der Waals surface area contributed by atoms with E-state index >= 15 is 0 Å². The highest BCUT2D eigenvalue weighted by Gasteiger charge is 2.54. The van der Waals surface area contributed by atoms with Gasteiger partial charge in [0.2, 0.25) is 0 Å². The Morgan fingerprint density at radius 2 is 1.97 bits per heavy atom. The van der Waals surface area contributed by atoms with Gasteiger partial charge in [-0.3, -0.25) is 10.1 Å². The summed E-state index contributed by atoms with van der Waals surface area (Å²) in [6.45, 7) is 4.20. The second kappa shape index (κ2) is 6.91. The molecule has 3 aliphatic heterocycles. The van der Waals surface area contributed by atoms with Gasteiger partial charge in [-0.05, 0) is 43.5 Å². The molecule has 1 aromatic heterocycles. The Morgan fingerprint density at radius 3 is 2.66 bits per heavy atom. The van der Waals surface area contributed by atoms with Crippen molar-refractivity contribution in [2.24, 2.45) is 0 Å². The number of anilines is 1. The van der Waals surface area contributed by atoms with E-state index in [1.165, 1.54) is 5.56 Å². The van der Waals surface area contributed by atoms with E-state index in [4.69, 9.17) is 11.6 Å². The highest BCUT2D eigenvalue weighted by atomic mass is 35.5. The molecule has 0 amide bonds. The quantitative estimate of drug-likeness (QED) is 0.435. The Hall–Kier alpha value is -2.80. The first-order chi connectivity index (χ1) is 14.0. The van der Waals surface area contributed by atoms with Crippen LogP contribution in [0.1, 0.15) is 24.0 Å². The van der Waals surface area contributed by atoms with Crippen LogP contribution in [0.5, 0.6) is 0 Å². The van der Waals surface area contributed by atoms with Crippen LogP contribution in [0, 0.1) is 17.0 Å². The summed E-state index contributed by atoms with van der Waals surface area (Å²) < 4.78 is 0. The Kier molecular flexibility index (Phi) is 4.35. The van der Waals surface area contributed by atoms with E-state index in [9.17, 15) is 10.1 Å². The van der Waals surface area contributed by atoms with Gasteiger partial charge in [0.05, 0.1) is 4.92 Å². The number of rotatable bonds is 4. The second-order valence-electron chi connectivity index (χ2n) is 7.89. The van der Waals surface area contributed by atoms with E-state index < -0.39 is 0 Å².